The summed E-state index contributed by atoms with van der Waals surface area (Å²) in [5.74, 6) is -13.8. The molecule has 8 aliphatic rings. The van der Waals surface area contributed by atoms with Crippen LogP contribution < -0.4 is 35.8 Å². The predicted molar refractivity (Wildman–Crippen MR) is 436 cm³/mol. The molecule has 0 radical (unpaired) electrons. The van der Waals surface area contributed by atoms with Crippen LogP contribution in [0.25, 0.3) is 0 Å². The summed E-state index contributed by atoms with van der Waals surface area (Å²) >= 11 is 43.3. The molecule has 0 saturated carbocycles. The van der Waals surface area contributed by atoms with E-state index >= 15 is 17.6 Å². The second-order valence-corrected chi connectivity index (χ2v) is 37.8. The zero-order chi connectivity index (χ0) is 98.5. The van der Waals surface area contributed by atoms with Crippen molar-refractivity contribution in [3.63, 3.8) is 0 Å². The van der Waals surface area contributed by atoms with E-state index in [1.807, 2.05) is 0 Å². The minimum Gasteiger partial charge on any atom is -0.404 e. The molecule has 4 fully saturated rings. The van der Waals surface area contributed by atoms with Crippen LogP contribution in [-0.2, 0) is 132 Å². The molecule has 0 aliphatic carbocycles. The van der Waals surface area contributed by atoms with Crippen molar-refractivity contribution in [2.75, 3.05) is 26.3 Å². The van der Waals surface area contributed by atoms with Gasteiger partial charge < -0.3 is 103 Å². The van der Waals surface area contributed by atoms with Crippen molar-refractivity contribution < 1.29 is 174 Å². The molecule has 696 valence electrons. The highest BCUT2D eigenvalue weighted by Gasteiger charge is 2.62. The van der Waals surface area contributed by atoms with E-state index in [1.165, 1.54) is 66.7 Å². The van der Waals surface area contributed by atoms with Gasteiger partial charge in [-0.2, -0.15) is 0 Å². The van der Waals surface area contributed by atoms with Gasteiger partial charge in [0.15, 0.2) is 43.9 Å². The van der Waals surface area contributed by atoms with Crippen LogP contribution in [0.2, 0.25) is 20.1 Å². The number of aliphatic hydroxyl groups is 12. The van der Waals surface area contributed by atoms with Crippen LogP contribution >= 0.6 is 126 Å². The maximum atomic E-state index is 16.0. The number of aromatic amines is 4. The molecule has 4 unspecified atom stereocenters. The molecule has 0 bridgehead atoms. The topological polar surface area (TPSA) is 601 Å². The number of rotatable bonds is 20. The summed E-state index contributed by atoms with van der Waals surface area (Å²) in [6.45, 7) is -13.9. The molecule has 8 aliphatic heterocycles. The minimum absolute atomic E-state index is 0.00966. The number of hydrogen-bond acceptors (Lipinski definition) is 39. The Labute approximate surface area is 762 Å². The van der Waals surface area contributed by atoms with Crippen LogP contribution in [0.1, 0.15) is 83.2 Å². The molecule has 0 amide bonds. The largest absolute Gasteiger partial charge is 0.530 e. The Morgan fingerprint density at radius 3 is 1.11 bits per heavy atom. The summed E-state index contributed by atoms with van der Waals surface area (Å²) < 4.78 is 240. The molecular weight excluding hydrogens is 1970 g/mol. The van der Waals surface area contributed by atoms with Crippen molar-refractivity contribution in [1.82, 2.24) is 38.2 Å². The number of aliphatic hydroxyl groups excluding tert-OH is 12. The number of nitrogens with one attached hydrogen (secondary N) is 4. The first-order chi connectivity index (χ1) is 62.4. The van der Waals surface area contributed by atoms with Gasteiger partial charge in [0.25, 0.3) is 45.7 Å². The second-order valence-electron chi connectivity index (χ2n) is 27.8. The number of ether oxygens (including phenoxy) is 4. The van der Waals surface area contributed by atoms with Crippen molar-refractivity contribution in [3.05, 3.63) is 228 Å². The molecule has 8 aromatic rings. The molecule has 16 rings (SSSR count). The fraction of sp³-hybridized carbons (Fsp3) is 0.420. The van der Waals surface area contributed by atoms with E-state index in [2.05, 4.69) is 19.9 Å². The molecule has 4 saturated heterocycles. The van der Waals surface area contributed by atoms with Gasteiger partial charge in [-0.3, -0.25) is 89.1 Å². The highest BCUT2D eigenvalue weighted by molar-refractivity contribution is 7.71. The van der Waals surface area contributed by atoms with E-state index in [9.17, 15) is 98.7 Å². The van der Waals surface area contributed by atoms with E-state index in [4.69, 9.17) is 172 Å². The van der Waals surface area contributed by atoms with E-state index in [0.717, 1.165) is 33.9 Å². The molecule has 16 N–H and O–H groups in total. The predicted octanol–water partition coefficient (Wildman–Crippen LogP) is 7.01. The van der Waals surface area contributed by atoms with Gasteiger partial charge in [0.2, 0.25) is 0 Å². The molecule has 12 heterocycles. The summed E-state index contributed by atoms with van der Waals surface area (Å²) in [6.07, 6.45) is -24.6. The van der Waals surface area contributed by atoms with Gasteiger partial charge in [0.05, 0.1) is 89.5 Å². The third kappa shape index (κ3) is 21.2. The van der Waals surface area contributed by atoms with Crippen molar-refractivity contribution in [3.8, 4) is 17.2 Å². The summed E-state index contributed by atoms with van der Waals surface area (Å²) in [5.41, 5.74) is -1.65. The third-order valence-electron chi connectivity index (χ3n) is 19.2. The second kappa shape index (κ2) is 39.2. The first-order valence-corrected chi connectivity index (χ1v) is 45.4. The van der Waals surface area contributed by atoms with Crippen LogP contribution in [0.3, 0.4) is 0 Å². The van der Waals surface area contributed by atoms with Crippen molar-refractivity contribution >= 4 is 126 Å². The monoisotopic (exact) mass is 2040 g/mol. The minimum atomic E-state index is -4.78. The SMILES string of the molecule is O=c1[nH]c(=S)n([C@@H]2O[C@](F)(COP3(=O)OCc4cc(Cl)ccc4O3)[C@@H](O)[C@H]2O)cc1CO.[2H]C([2H])(OP1(=O)Cc2ccc(Cl)cc2CO1)[C@@]1(F)O[C@@]([2H])(n2cc(CO)c(=O)[nH]c2=S)[C@H](O)[C@@H]1O.[2H]C([2H])(OP1(=O)OCc2cc(Cl)ccc2O1)[C@@]1(F)O[C@@H](n2cc(CO)c(=O)[nH]c2=S)[C@H](O)[C@@H]1O.[2H][C@@]1(n2cc(CO)c(=O)[nH]c2=S)O[C@](F)(COP2(=O)OCc3cc(Cl)ccc3O2)[C@@H](O)[C@H]1O. The van der Waals surface area contributed by atoms with Gasteiger partial charge in [-0.1, -0.05) is 52.5 Å². The number of phosphoric acid groups is 3. The zero-order valence-corrected chi connectivity index (χ0v) is 73.6. The Morgan fingerprint density at radius 2 is 0.711 bits per heavy atom. The van der Waals surface area contributed by atoms with Gasteiger partial charge in [-0.05, 0) is 127 Å². The molecule has 43 nitrogen and oxygen atoms in total. The van der Waals surface area contributed by atoms with E-state index < -0.39 is 219 Å². The zero-order valence-electron chi connectivity index (χ0n) is 69.8. The summed E-state index contributed by atoms with van der Waals surface area (Å²) in [4.78, 5) is 55.7. The van der Waals surface area contributed by atoms with Gasteiger partial charge in [-0.15, -0.1) is 0 Å². The first kappa shape index (κ1) is 90.7. The van der Waals surface area contributed by atoms with Crippen molar-refractivity contribution in [1.29, 1.82) is 0 Å². The van der Waals surface area contributed by atoms with Gasteiger partial charge in [-0.25, -0.2) is 31.3 Å². The number of phosphoric ester groups is 3. The average Bonchev–Trinajstić information content (AvgIpc) is 1.55. The normalized spacial score (nSPS) is 34.0. The molecule has 20 atom stereocenters. The number of alkyl halides is 4. The highest BCUT2D eigenvalue weighted by Crippen LogP contribution is 2.61. The number of aromatic nitrogens is 8. The standard InChI is InChI=1S/C18H19ClFN2O8PS.3C17H17ClFN2O9PS/c19-12-2-1-9-7-31(27,28-6-10(9)3-12)29-8-18(20)14(25)13(24)16(30-18)22-4-11(5-23)15(26)21-17(22)32;3*18-10-1-2-11-8(3-10)6-27-31(26,30-11)28-7-17(19)13(24)12(23)15(29-17)21-4-9(5-22)14(25)20-16(21)32/h1-4,13-14,16,23-25H,5-8H2,(H,21,26,32);3*1-4,12-13,15,22-24H,5-7H2,(H,20,25,32)/t13-,14+,16-,18-,31?;3*12-,13+,15-,17-,31?/m1111/s1/i8D2,16D;15D;7D2;. The lowest BCUT2D eigenvalue weighted by molar-refractivity contribution is -0.205. The van der Waals surface area contributed by atoms with Crippen molar-refractivity contribution in [2.24, 2.45) is 0 Å². The smallest absolute Gasteiger partial charge is 0.404 e. The Bertz CT molecular complexity index is 6660. The number of benzene rings is 4. The average molecular weight is 2050 g/mol. The molecule has 4 aromatic heterocycles. The van der Waals surface area contributed by atoms with Gasteiger partial charge in [0, 0.05) is 61.6 Å². The first-order valence-electron chi connectivity index (χ1n) is 39.1. The molecular formula is C69H70Cl4F4N8O35P4S4. The highest BCUT2D eigenvalue weighted by atomic mass is 35.5. The van der Waals surface area contributed by atoms with E-state index in [0.29, 0.717) is 57.0 Å². The van der Waals surface area contributed by atoms with Gasteiger partial charge in [0.1, 0.15) is 92.4 Å². The van der Waals surface area contributed by atoms with Crippen LogP contribution in [0.5, 0.6) is 17.2 Å². The van der Waals surface area contributed by atoms with Crippen LogP contribution in [-0.4, -0.2) is 198 Å². The van der Waals surface area contributed by atoms with Crippen LogP contribution in [0.15, 0.2) is 117 Å². The fourth-order valence-corrected chi connectivity index (χ4v) is 19.3. The number of halogens is 8. The molecule has 0 spiro atoms. The number of H-pyrrole nitrogens is 4. The maximum absolute atomic E-state index is 16.0. The third-order valence-corrected chi connectivity index (χ3v) is 26.8. The Kier molecular flexibility index (Phi) is 27.8. The Balaban J connectivity index is 0.000000152. The van der Waals surface area contributed by atoms with Crippen LogP contribution in [0.4, 0.5) is 17.6 Å². The summed E-state index contributed by atoms with van der Waals surface area (Å²) in [7, 11) is -17.8. The number of hydrogen-bond donors (Lipinski definition) is 16. The van der Waals surface area contributed by atoms with E-state index in [1.54, 1.807) is 6.07 Å². The molecule has 59 heteroatoms. The molecule has 4 aromatic carbocycles. The Morgan fingerprint density at radius 1 is 0.414 bits per heavy atom. The molecule has 128 heavy (non-hydrogen) atoms. The van der Waals surface area contributed by atoms with Crippen LogP contribution in [0, 0.1) is 19.1 Å². The maximum Gasteiger partial charge on any atom is 0.530 e. The Hall–Kier alpha value is -6.48. The lowest BCUT2D eigenvalue weighted by Gasteiger charge is -2.29. The summed E-state index contributed by atoms with van der Waals surface area (Å²) in [6, 6.07) is 17.6. The van der Waals surface area contributed by atoms with E-state index in [-0.39, 0.29) is 75.5 Å². The van der Waals surface area contributed by atoms with Gasteiger partial charge >= 0.3 is 31.1 Å². The fourth-order valence-electron chi connectivity index (χ4n) is 12.4. The summed E-state index contributed by atoms with van der Waals surface area (Å²) in [5, 5.41) is 122. The number of fused-ring (bicyclic) bond motifs is 4. The lowest BCUT2D eigenvalue weighted by Crippen LogP contribution is -2.43. The van der Waals surface area contributed by atoms with Crippen molar-refractivity contribution in [2.45, 2.75) is 156 Å². The lowest BCUT2D eigenvalue weighted by atomic mass is 10.1. The quantitative estimate of drug-likeness (QED) is 0.0207. The number of nitrogens with zero attached hydrogens (tertiary/aromatic N) is 4.